The van der Waals surface area contributed by atoms with Gasteiger partial charge in [-0.05, 0) is 32.1 Å². The summed E-state index contributed by atoms with van der Waals surface area (Å²) in [5.41, 5.74) is 10.6. The van der Waals surface area contributed by atoms with Crippen molar-refractivity contribution in [2.45, 2.75) is 50.3 Å². The molecular weight excluding hydrogens is 268 g/mol. The van der Waals surface area contributed by atoms with Gasteiger partial charge in [0.1, 0.15) is 18.4 Å². The first-order chi connectivity index (χ1) is 9.29. The summed E-state index contributed by atoms with van der Waals surface area (Å²) in [6, 6.07) is -2.05. The van der Waals surface area contributed by atoms with Gasteiger partial charge in [0.2, 0.25) is 0 Å². The maximum absolute atomic E-state index is 10.9. The Bertz CT molecular complexity index is 336. The summed E-state index contributed by atoms with van der Waals surface area (Å²) in [4.78, 5) is 31.9. The standard InChI is InChI=1S/C12H22N2O6/c13-8(11(17)18)2-1-3-10(16)7(6-15)4-5-9(14)12(19)20/h6-10,16H,1-5,13-14H2,(H,17,18)(H,19,20). The molecule has 7 N–H and O–H groups in total. The largest absolute Gasteiger partial charge is 0.480 e. The van der Waals surface area contributed by atoms with Gasteiger partial charge >= 0.3 is 11.9 Å². The minimum Gasteiger partial charge on any atom is -0.480 e. The number of rotatable bonds is 11. The van der Waals surface area contributed by atoms with Crippen LogP contribution in [0.3, 0.4) is 0 Å². The number of aliphatic carboxylic acids is 2. The van der Waals surface area contributed by atoms with Crippen LogP contribution in [0.2, 0.25) is 0 Å². The molecule has 4 unspecified atom stereocenters. The molecule has 20 heavy (non-hydrogen) atoms. The lowest BCUT2D eigenvalue weighted by Crippen LogP contribution is -2.33. The first-order valence-corrected chi connectivity index (χ1v) is 6.39. The van der Waals surface area contributed by atoms with E-state index in [0.29, 0.717) is 12.7 Å². The lowest BCUT2D eigenvalue weighted by molar-refractivity contribution is -0.139. The van der Waals surface area contributed by atoms with Gasteiger partial charge in [0.25, 0.3) is 0 Å². The van der Waals surface area contributed by atoms with Gasteiger partial charge in [0.05, 0.1) is 6.10 Å². The summed E-state index contributed by atoms with van der Waals surface area (Å²) >= 11 is 0. The highest BCUT2D eigenvalue weighted by Crippen LogP contribution is 2.16. The number of aliphatic hydroxyl groups is 1. The van der Waals surface area contributed by atoms with Crippen molar-refractivity contribution < 1.29 is 29.7 Å². The number of carbonyl (C=O) groups is 3. The Morgan fingerprint density at radius 2 is 1.45 bits per heavy atom. The van der Waals surface area contributed by atoms with Crippen LogP contribution in [0.5, 0.6) is 0 Å². The molecule has 0 aliphatic carbocycles. The summed E-state index contributed by atoms with van der Waals surface area (Å²) in [5, 5.41) is 27.0. The zero-order chi connectivity index (χ0) is 15.7. The molecule has 0 aromatic carbocycles. The molecule has 4 atom stereocenters. The van der Waals surface area contributed by atoms with Crippen LogP contribution < -0.4 is 11.5 Å². The summed E-state index contributed by atoms with van der Waals surface area (Å²) in [6.45, 7) is 0. The minimum atomic E-state index is -1.16. The van der Waals surface area contributed by atoms with Crippen molar-refractivity contribution in [3.05, 3.63) is 0 Å². The van der Waals surface area contributed by atoms with Crippen LogP contribution in [-0.4, -0.2) is 51.7 Å². The van der Waals surface area contributed by atoms with Crippen molar-refractivity contribution in [3.8, 4) is 0 Å². The Labute approximate surface area is 116 Å². The van der Waals surface area contributed by atoms with E-state index >= 15 is 0 Å². The molecule has 0 aromatic heterocycles. The van der Waals surface area contributed by atoms with Crippen LogP contribution in [0.4, 0.5) is 0 Å². The third-order valence-electron chi connectivity index (χ3n) is 3.13. The number of carbonyl (C=O) groups excluding carboxylic acids is 1. The fourth-order valence-corrected chi connectivity index (χ4v) is 1.73. The summed E-state index contributed by atoms with van der Waals surface area (Å²) in [7, 11) is 0. The van der Waals surface area contributed by atoms with Crippen molar-refractivity contribution in [3.63, 3.8) is 0 Å². The lowest BCUT2D eigenvalue weighted by Gasteiger charge is -2.18. The molecule has 0 amide bonds. The van der Waals surface area contributed by atoms with Crippen LogP contribution in [0.1, 0.15) is 32.1 Å². The molecule has 8 nitrogen and oxygen atoms in total. The molecule has 0 fully saturated rings. The Morgan fingerprint density at radius 3 is 1.90 bits per heavy atom. The van der Waals surface area contributed by atoms with Crippen LogP contribution in [0, 0.1) is 5.92 Å². The zero-order valence-electron chi connectivity index (χ0n) is 11.1. The van der Waals surface area contributed by atoms with Crippen molar-refractivity contribution in [2.24, 2.45) is 17.4 Å². The number of carboxylic acids is 2. The van der Waals surface area contributed by atoms with Crippen LogP contribution in [0.25, 0.3) is 0 Å². The smallest absolute Gasteiger partial charge is 0.320 e. The Morgan fingerprint density at radius 1 is 0.950 bits per heavy atom. The average Bonchev–Trinajstić information content (AvgIpc) is 2.38. The predicted octanol–water partition coefficient (Wildman–Crippen LogP) is -1.06. The molecular formula is C12H22N2O6. The van der Waals surface area contributed by atoms with E-state index in [1.54, 1.807) is 0 Å². The highest BCUT2D eigenvalue weighted by Gasteiger charge is 2.22. The highest BCUT2D eigenvalue weighted by atomic mass is 16.4. The van der Waals surface area contributed by atoms with E-state index < -0.39 is 36.0 Å². The fourth-order valence-electron chi connectivity index (χ4n) is 1.73. The average molecular weight is 290 g/mol. The molecule has 0 radical (unpaired) electrons. The van der Waals surface area contributed by atoms with Gasteiger partial charge in [0.15, 0.2) is 0 Å². The van der Waals surface area contributed by atoms with Crippen molar-refractivity contribution in [2.75, 3.05) is 0 Å². The summed E-state index contributed by atoms with van der Waals surface area (Å²) in [5.74, 6) is -2.98. The van der Waals surface area contributed by atoms with Crippen molar-refractivity contribution >= 4 is 18.2 Å². The first-order valence-electron chi connectivity index (χ1n) is 6.39. The molecule has 0 heterocycles. The van der Waals surface area contributed by atoms with E-state index in [9.17, 15) is 19.5 Å². The number of hydrogen-bond acceptors (Lipinski definition) is 6. The van der Waals surface area contributed by atoms with Crippen molar-refractivity contribution in [1.29, 1.82) is 0 Å². The van der Waals surface area contributed by atoms with Gasteiger partial charge in [-0.1, -0.05) is 0 Å². The normalized spacial score (nSPS) is 16.9. The molecule has 116 valence electrons. The quantitative estimate of drug-likeness (QED) is 0.300. The van der Waals surface area contributed by atoms with Gasteiger partial charge in [-0.3, -0.25) is 9.59 Å². The van der Waals surface area contributed by atoms with Gasteiger partial charge in [-0.25, -0.2) is 0 Å². The number of nitrogens with two attached hydrogens (primary N) is 2. The van der Waals surface area contributed by atoms with Gasteiger partial charge < -0.3 is 31.6 Å². The van der Waals surface area contributed by atoms with Crippen molar-refractivity contribution in [1.82, 2.24) is 0 Å². The molecule has 0 bridgehead atoms. The third-order valence-corrected chi connectivity index (χ3v) is 3.13. The van der Waals surface area contributed by atoms with Crippen LogP contribution in [0.15, 0.2) is 0 Å². The number of aldehydes is 1. The second kappa shape index (κ2) is 9.40. The van der Waals surface area contributed by atoms with E-state index in [0.717, 1.165) is 0 Å². The second-order valence-corrected chi connectivity index (χ2v) is 4.77. The van der Waals surface area contributed by atoms with E-state index in [1.807, 2.05) is 0 Å². The number of carboxylic acid groups (broad SMARTS) is 2. The molecule has 0 aliphatic rings. The molecule has 0 aliphatic heterocycles. The van der Waals surface area contributed by atoms with E-state index in [-0.39, 0.29) is 25.7 Å². The Hall–Kier alpha value is -1.51. The Kier molecular flexibility index (Phi) is 8.69. The maximum Gasteiger partial charge on any atom is 0.320 e. The van der Waals surface area contributed by atoms with E-state index in [4.69, 9.17) is 21.7 Å². The van der Waals surface area contributed by atoms with Gasteiger partial charge in [-0.15, -0.1) is 0 Å². The lowest BCUT2D eigenvalue weighted by atomic mass is 9.92. The fraction of sp³-hybridized carbons (Fsp3) is 0.750. The highest BCUT2D eigenvalue weighted by molar-refractivity contribution is 5.73. The van der Waals surface area contributed by atoms with Crippen LogP contribution >= 0.6 is 0 Å². The van der Waals surface area contributed by atoms with Gasteiger partial charge in [-0.2, -0.15) is 0 Å². The molecule has 0 saturated carbocycles. The minimum absolute atomic E-state index is 0.0877. The number of aliphatic hydroxyl groups excluding tert-OH is 1. The van der Waals surface area contributed by atoms with E-state index in [2.05, 4.69) is 0 Å². The van der Waals surface area contributed by atoms with Gasteiger partial charge in [0, 0.05) is 5.92 Å². The monoisotopic (exact) mass is 290 g/mol. The molecule has 0 saturated heterocycles. The SMILES string of the molecule is NC(CCCC(O)C(C=O)CCC(N)C(=O)O)C(=O)O. The first kappa shape index (κ1) is 18.5. The second-order valence-electron chi connectivity index (χ2n) is 4.77. The summed E-state index contributed by atoms with van der Waals surface area (Å²) < 4.78 is 0. The summed E-state index contributed by atoms with van der Waals surface area (Å²) in [6.07, 6.45) is 0.669. The van der Waals surface area contributed by atoms with Crippen LogP contribution in [-0.2, 0) is 14.4 Å². The third kappa shape index (κ3) is 7.17. The molecule has 0 spiro atoms. The predicted molar refractivity (Wildman–Crippen MR) is 69.9 cm³/mol. The zero-order valence-corrected chi connectivity index (χ0v) is 11.1. The van der Waals surface area contributed by atoms with E-state index in [1.165, 1.54) is 0 Å². The topological polar surface area (TPSA) is 164 Å². The molecule has 8 heteroatoms. The molecule has 0 aromatic rings. The maximum atomic E-state index is 10.9. The number of hydrogen-bond donors (Lipinski definition) is 5. The molecule has 0 rings (SSSR count). The Balaban J connectivity index is 4.08.